The maximum atomic E-state index is 12.6. The lowest BCUT2D eigenvalue weighted by atomic mass is 9.83. The normalized spacial score (nSPS) is 32.8. The highest BCUT2D eigenvalue weighted by molar-refractivity contribution is 9.12. The lowest BCUT2D eigenvalue weighted by molar-refractivity contribution is -0.124. The minimum absolute atomic E-state index is 0.0745. The van der Waals surface area contributed by atoms with Gasteiger partial charge in [-0.25, -0.2) is 0 Å². The van der Waals surface area contributed by atoms with Gasteiger partial charge < -0.3 is 35.0 Å². The summed E-state index contributed by atoms with van der Waals surface area (Å²) in [5.74, 6) is -0.267. The topological polar surface area (TPSA) is 171 Å². The first-order valence-corrected chi connectivity index (χ1v) is 15.2. The molecule has 2 aliphatic carbocycles. The van der Waals surface area contributed by atoms with Crippen LogP contribution in [0.4, 0.5) is 0 Å². The molecule has 2 aliphatic heterocycles. The highest BCUT2D eigenvalue weighted by Crippen LogP contribution is 2.44. The first-order chi connectivity index (χ1) is 18.4. The molecule has 0 radical (unpaired) electrons. The Labute approximate surface area is 257 Å². The van der Waals surface area contributed by atoms with Gasteiger partial charge in [0.1, 0.15) is 40.4 Å². The zero-order chi connectivity index (χ0) is 28.5. The Morgan fingerprint density at radius 3 is 2.51 bits per heavy atom. The van der Waals surface area contributed by atoms with Crippen molar-refractivity contribution >= 4 is 86.8 Å². The number of nitrogens with one attached hydrogen (secondary N) is 2. The molecule has 12 nitrogen and oxygen atoms in total. The van der Waals surface area contributed by atoms with Gasteiger partial charge >= 0.3 is 0 Å². The van der Waals surface area contributed by atoms with Gasteiger partial charge in [0.15, 0.2) is 17.0 Å². The van der Waals surface area contributed by atoms with Gasteiger partial charge in [-0.3, -0.25) is 14.9 Å². The highest BCUT2D eigenvalue weighted by Gasteiger charge is 2.53. The van der Waals surface area contributed by atoms with Crippen molar-refractivity contribution in [1.29, 1.82) is 0 Å². The van der Waals surface area contributed by atoms with Crippen molar-refractivity contribution in [2.24, 2.45) is 10.3 Å². The molecule has 4 rings (SSSR count). The minimum Gasteiger partial charge on any atom is -0.495 e. The van der Waals surface area contributed by atoms with Gasteiger partial charge in [-0.1, -0.05) is 26.2 Å². The zero-order valence-electron chi connectivity index (χ0n) is 20.5. The van der Waals surface area contributed by atoms with Crippen LogP contribution in [0.3, 0.4) is 0 Å². The second-order valence-corrected chi connectivity index (χ2v) is 12.9. The summed E-state index contributed by atoms with van der Waals surface area (Å²) in [5, 5.41) is 45.3. The summed E-state index contributed by atoms with van der Waals surface area (Å²) >= 11 is 13.1. The standard InChI is InChI=1S/C23H26Br4N4O8/c1-37-17-11(25)7-23(19(34)15(17)27)9-13(31-39-23)21(36)29-5-3-2-4-28-20(35)12-8-22(38-30-12)6-10(24)16(32)14(26)18(22)33/h6-7,14,18-20,28,33-35H,2-5,8-9H2,1H3,(H,29,36)/t14-,18+,19+,20?,22-,23-/m1/s1. The van der Waals surface area contributed by atoms with Crippen LogP contribution in [0.15, 0.2) is 41.7 Å². The molecule has 1 amide bonds. The molecule has 0 saturated carbocycles. The third-order valence-corrected chi connectivity index (χ3v) is 9.63. The van der Waals surface area contributed by atoms with E-state index in [0.29, 0.717) is 46.4 Å². The number of rotatable bonds is 9. The van der Waals surface area contributed by atoms with E-state index < -0.39 is 40.4 Å². The van der Waals surface area contributed by atoms with Crippen molar-refractivity contribution in [3.8, 4) is 0 Å². The van der Waals surface area contributed by atoms with Gasteiger partial charge in [0, 0.05) is 19.4 Å². The van der Waals surface area contributed by atoms with E-state index in [9.17, 15) is 24.9 Å². The molecule has 2 heterocycles. The molecule has 4 aliphatic rings. The fourth-order valence-corrected chi connectivity index (χ4v) is 7.92. The summed E-state index contributed by atoms with van der Waals surface area (Å²) in [6.07, 6.45) is 1.14. The van der Waals surface area contributed by atoms with Gasteiger partial charge in [0.25, 0.3) is 5.91 Å². The molecule has 0 bridgehead atoms. The number of carbonyl (C=O) groups is 2. The molecule has 2 spiro atoms. The number of alkyl halides is 1. The zero-order valence-corrected chi connectivity index (χ0v) is 26.8. The van der Waals surface area contributed by atoms with Crippen molar-refractivity contribution < 1.29 is 39.3 Å². The monoisotopic (exact) mass is 802 g/mol. The number of allylic oxidation sites excluding steroid dienone is 2. The average molecular weight is 806 g/mol. The Kier molecular flexibility index (Phi) is 9.79. The third-order valence-electron chi connectivity index (χ3n) is 6.71. The van der Waals surface area contributed by atoms with Crippen LogP contribution in [0.1, 0.15) is 25.7 Å². The minimum atomic E-state index is -1.24. The number of halogens is 4. The van der Waals surface area contributed by atoms with E-state index in [1.165, 1.54) is 13.2 Å². The summed E-state index contributed by atoms with van der Waals surface area (Å²) in [5.41, 5.74) is -2.01. The van der Waals surface area contributed by atoms with E-state index in [1.54, 1.807) is 6.08 Å². The van der Waals surface area contributed by atoms with Crippen LogP contribution in [-0.2, 0) is 24.0 Å². The summed E-state index contributed by atoms with van der Waals surface area (Å²) in [4.78, 5) is 34.7. The molecule has 6 atom stereocenters. The molecule has 16 heteroatoms. The maximum absolute atomic E-state index is 12.6. The molecule has 214 valence electrons. The fraction of sp³-hybridized carbons (Fsp3) is 0.565. The number of amides is 1. The smallest absolute Gasteiger partial charge is 0.269 e. The Morgan fingerprint density at radius 2 is 1.79 bits per heavy atom. The van der Waals surface area contributed by atoms with E-state index in [-0.39, 0.29) is 28.8 Å². The lowest BCUT2D eigenvalue weighted by Gasteiger charge is -2.35. The third kappa shape index (κ3) is 6.08. The number of unbranched alkanes of at least 4 members (excludes halogenated alkanes) is 1. The molecule has 0 saturated heterocycles. The first kappa shape index (κ1) is 30.8. The Hall–Kier alpha value is -1.14. The molecule has 0 aromatic heterocycles. The Morgan fingerprint density at radius 1 is 1.13 bits per heavy atom. The van der Waals surface area contributed by atoms with Crippen LogP contribution in [-0.4, -0.2) is 93.1 Å². The van der Waals surface area contributed by atoms with Crippen LogP contribution in [0.2, 0.25) is 0 Å². The van der Waals surface area contributed by atoms with Crippen molar-refractivity contribution in [3.05, 3.63) is 31.4 Å². The molecule has 39 heavy (non-hydrogen) atoms. The van der Waals surface area contributed by atoms with Gasteiger partial charge in [-0.05, 0) is 79.3 Å². The second-order valence-electron chi connectivity index (χ2n) is 9.37. The number of ether oxygens (including phenoxy) is 1. The largest absolute Gasteiger partial charge is 0.495 e. The highest BCUT2D eigenvalue weighted by atomic mass is 79.9. The molecular weight excluding hydrogens is 780 g/mol. The van der Waals surface area contributed by atoms with Gasteiger partial charge in [-0.15, -0.1) is 0 Å². The Balaban J connectivity index is 1.17. The van der Waals surface area contributed by atoms with E-state index in [2.05, 4.69) is 84.7 Å². The summed E-state index contributed by atoms with van der Waals surface area (Å²) in [7, 11) is 1.48. The number of hydrogen-bond donors (Lipinski definition) is 5. The first-order valence-electron chi connectivity index (χ1n) is 11.9. The van der Waals surface area contributed by atoms with Crippen molar-refractivity contribution in [2.45, 2.75) is 60.1 Å². The molecular formula is C23H26Br4N4O8. The molecule has 0 aromatic rings. The number of nitrogens with zero attached hydrogens (tertiary/aromatic N) is 2. The number of hydrogen-bond acceptors (Lipinski definition) is 11. The molecule has 1 unspecified atom stereocenters. The van der Waals surface area contributed by atoms with Crippen molar-refractivity contribution in [2.75, 3.05) is 20.2 Å². The molecule has 0 aromatic carbocycles. The van der Waals surface area contributed by atoms with E-state index in [1.807, 2.05) is 0 Å². The number of aliphatic hydroxyl groups excluding tert-OH is 3. The van der Waals surface area contributed by atoms with Crippen molar-refractivity contribution in [3.63, 3.8) is 0 Å². The molecule has 5 N–H and O–H groups in total. The summed E-state index contributed by atoms with van der Waals surface area (Å²) in [6.45, 7) is 0.784. The number of oxime groups is 2. The van der Waals surface area contributed by atoms with Gasteiger partial charge in [0.2, 0.25) is 0 Å². The second kappa shape index (κ2) is 12.4. The number of carbonyl (C=O) groups excluding carboxylic acids is 2. The van der Waals surface area contributed by atoms with Crippen LogP contribution in [0, 0.1) is 0 Å². The summed E-state index contributed by atoms with van der Waals surface area (Å²) in [6, 6.07) is 0. The number of methoxy groups -OCH3 is 1. The van der Waals surface area contributed by atoms with Crippen LogP contribution in [0.25, 0.3) is 0 Å². The average Bonchev–Trinajstić information content (AvgIpc) is 3.53. The quantitative estimate of drug-likeness (QED) is 0.132. The van der Waals surface area contributed by atoms with Crippen LogP contribution >= 0.6 is 63.7 Å². The predicted octanol–water partition coefficient (Wildman–Crippen LogP) is 1.71. The predicted molar refractivity (Wildman–Crippen MR) is 155 cm³/mol. The number of ketones is 1. The fourth-order valence-electron chi connectivity index (χ4n) is 4.50. The van der Waals surface area contributed by atoms with E-state index >= 15 is 0 Å². The van der Waals surface area contributed by atoms with Crippen LogP contribution < -0.4 is 10.6 Å². The molecule has 0 fully saturated rings. The number of aliphatic hydroxyl groups is 3. The van der Waals surface area contributed by atoms with Gasteiger partial charge in [0.05, 0.1) is 20.6 Å². The van der Waals surface area contributed by atoms with E-state index in [0.717, 1.165) is 0 Å². The number of Topliss-reactive ketones (excluding diaryl/α,β-unsaturated/α-hetero) is 1. The van der Waals surface area contributed by atoms with E-state index in [4.69, 9.17) is 14.4 Å². The SMILES string of the molecule is COC1=C(Br)[C@H](O)[C@@]2(C=C1Br)CC(C(=O)NCCCCNC(O)C1=NO[C@]3(C=C(Br)C(=O)[C@@H](Br)[C@@H]3O)C1)=NO2. The van der Waals surface area contributed by atoms with Crippen molar-refractivity contribution in [1.82, 2.24) is 10.6 Å². The van der Waals surface area contributed by atoms with Gasteiger partial charge in [-0.2, -0.15) is 0 Å². The summed E-state index contributed by atoms with van der Waals surface area (Å²) < 4.78 is 6.48. The lowest BCUT2D eigenvalue weighted by Crippen LogP contribution is -2.52. The maximum Gasteiger partial charge on any atom is 0.269 e. The van der Waals surface area contributed by atoms with Crippen LogP contribution in [0.5, 0.6) is 0 Å². The Bertz CT molecular complexity index is 1190.